The number of nitrogens with zero attached hydrogens (tertiary/aromatic N) is 2. The number of aryl methyl sites for hydroxylation is 1. The first-order chi connectivity index (χ1) is 12.6. The van der Waals surface area contributed by atoms with E-state index in [1.807, 2.05) is 42.6 Å². The molecular weight excluding hydrogens is 346 g/mol. The van der Waals surface area contributed by atoms with Gasteiger partial charge in [-0.15, -0.1) is 11.3 Å². The highest BCUT2D eigenvalue weighted by atomic mass is 32.1. The van der Waals surface area contributed by atoms with Crippen molar-refractivity contribution in [3.05, 3.63) is 75.9 Å². The maximum absolute atomic E-state index is 12.3. The molecule has 0 aliphatic carbocycles. The molecule has 0 bridgehead atoms. The van der Waals surface area contributed by atoms with E-state index >= 15 is 0 Å². The first-order valence-corrected chi connectivity index (χ1v) is 9.45. The molecular formula is C20H21N3O2S. The third-order valence-electron chi connectivity index (χ3n) is 4.05. The number of aromatic nitrogens is 2. The van der Waals surface area contributed by atoms with Gasteiger partial charge in [-0.1, -0.05) is 36.4 Å². The van der Waals surface area contributed by atoms with Crippen molar-refractivity contribution < 1.29 is 4.79 Å². The Morgan fingerprint density at radius 2 is 1.96 bits per heavy atom. The molecule has 0 saturated heterocycles. The quantitative estimate of drug-likeness (QED) is 0.698. The summed E-state index contributed by atoms with van der Waals surface area (Å²) in [5.74, 6) is -0.205. The fourth-order valence-electron chi connectivity index (χ4n) is 2.67. The summed E-state index contributed by atoms with van der Waals surface area (Å²) in [6.45, 7) is 1.90. The van der Waals surface area contributed by atoms with Gasteiger partial charge in [0, 0.05) is 12.1 Å². The van der Waals surface area contributed by atoms with E-state index < -0.39 is 0 Å². The minimum Gasteiger partial charge on any atom is -0.352 e. The van der Waals surface area contributed by atoms with Gasteiger partial charge in [-0.2, -0.15) is 5.10 Å². The molecule has 1 N–H and O–H groups in total. The van der Waals surface area contributed by atoms with E-state index in [0.29, 0.717) is 5.69 Å². The highest BCUT2D eigenvalue weighted by Gasteiger charge is 2.11. The van der Waals surface area contributed by atoms with Gasteiger partial charge >= 0.3 is 0 Å². The fourth-order valence-corrected chi connectivity index (χ4v) is 3.36. The van der Waals surface area contributed by atoms with Crippen molar-refractivity contribution in [1.82, 2.24) is 15.1 Å². The number of carbonyl (C=O) groups is 1. The lowest BCUT2D eigenvalue weighted by atomic mass is 10.1. The van der Waals surface area contributed by atoms with Crippen molar-refractivity contribution in [3.8, 4) is 10.6 Å². The Balaban J connectivity index is 1.57. The van der Waals surface area contributed by atoms with Crippen LogP contribution in [0.5, 0.6) is 0 Å². The summed E-state index contributed by atoms with van der Waals surface area (Å²) in [5.41, 5.74) is 1.66. The van der Waals surface area contributed by atoms with E-state index in [1.165, 1.54) is 16.3 Å². The molecule has 0 fully saturated rings. The summed E-state index contributed by atoms with van der Waals surface area (Å²) in [7, 11) is 0. The molecule has 0 saturated carbocycles. The second-order valence-corrected chi connectivity index (χ2v) is 7.13. The lowest BCUT2D eigenvalue weighted by Gasteiger charge is -2.14. The summed E-state index contributed by atoms with van der Waals surface area (Å²) in [4.78, 5) is 25.2. The summed E-state index contributed by atoms with van der Waals surface area (Å²) < 4.78 is 1.22. The summed E-state index contributed by atoms with van der Waals surface area (Å²) in [6.07, 6.45) is 1.74. The van der Waals surface area contributed by atoms with Gasteiger partial charge in [0.15, 0.2) is 0 Å². The highest BCUT2D eigenvalue weighted by Crippen LogP contribution is 2.20. The van der Waals surface area contributed by atoms with Gasteiger partial charge in [0.05, 0.1) is 4.88 Å². The van der Waals surface area contributed by atoms with Crippen LogP contribution < -0.4 is 10.9 Å². The van der Waals surface area contributed by atoms with Crippen LogP contribution in [-0.4, -0.2) is 21.7 Å². The summed E-state index contributed by atoms with van der Waals surface area (Å²) >= 11 is 1.55. The van der Waals surface area contributed by atoms with Gasteiger partial charge in [-0.25, -0.2) is 4.68 Å². The zero-order valence-electron chi connectivity index (χ0n) is 14.6. The molecule has 3 aromatic rings. The van der Waals surface area contributed by atoms with E-state index in [-0.39, 0.29) is 24.1 Å². The molecule has 1 aromatic carbocycles. The number of nitrogens with one attached hydrogen (secondary N) is 1. The SMILES string of the molecule is C[C@@H](CCc1ccccc1)NC(=O)Cn1nc(-c2cccs2)ccc1=O. The average molecular weight is 367 g/mol. The van der Waals surface area contributed by atoms with Gasteiger partial charge < -0.3 is 5.32 Å². The zero-order chi connectivity index (χ0) is 18.4. The number of rotatable bonds is 7. The van der Waals surface area contributed by atoms with Gasteiger partial charge in [0.1, 0.15) is 12.2 Å². The molecule has 26 heavy (non-hydrogen) atoms. The molecule has 5 nitrogen and oxygen atoms in total. The highest BCUT2D eigenvalue weighted by molar-refractivity contribution is 7.13. The molecule has 0 unspecified atom stereocenters. The van der Waals surface area contributed by atoms with Gasteiger partial charge in [0.25, 0.3) is 5.56 Å². The van der Waals surface area contributed by atoms with Crippen molar-refractivity contribution in [1.29, 1.82) is 0 Å². The van der Waals surface area contributed by atoms with Crippen LogP contribution in [-0.2, 0) is 17.8 Å². The number of amides is 1. The van der Waals surface area contributed by atoms with Crippen molar-refractivity contribution >= 4 is 17.2 Å². The molecule has 0 aliphatic heterocycles. The number of hydrogen-bond donors (Lipinski definition) is 1. The molecule has 134 valence electrons. The molecule has 0 aliphatic rings. The molecule has 0 spiro atoms. The van der Waals surface area contributed by atoms with Crippen LogP contribution in [0.2, 0.25) is 0 Å². The van der Waals surface area contributed by atoms with Gasteiger partial charge in [-0.05, 0) is 42.8 Å². The Morgan fingerprint density at radius 1 is 1.15 bits per heavy atom. The van der Waals surface area contributed by atoms with Crippen LogP contribution in [0.15, 0.2) is 64.8 Å². The number of benzene rings is 1. The zero-order valence-corrected chi connectivity index (χ0v) is 15.4. The van der Waals surface area contributed by atoms with Crippen molar-refractivity contribution in [2.45, 2.75) is 32.4 Å². The molecule has 0 radical (unpaired) electrons. The molecule has 2 heterocycles. The molecule has 2 aromatic heterocycles. The second kappa shape index (κ2) is 8.58. The fraction of sp³-hybridized carbons (Fsp3) is 0.250. The normalized spacial score (nSPS) is 11.9. The lowest BCUT2D eigenvalue weighted by Crippen LogP contribution is -2.38. The van der Waals surface area contributed by atoms with Crippen molar-refractivity contribution in [2.24, 2.45) is 0 Å². The third kappa shape index (κ3) is 4.89. The number of hydrogen-bond acceptors (Lipinski definition) is 4. The third-order valence-corrected chi connectivity index (χ3v) is 4.94. The predicted molar refractivity (Wildman–Crippen MR) is 104 cm³/mol. The van der Waals surface area contributed by atoms with Crippen LogP contribution in [0.4, 0.5) is 0 Å². The van der Waals surface area contributed by atoms with E-state index in [2.05, 4.69) is 22.5 Å². The van der Waals surface area contributed by atoms with Crippen molar-refractivity contribution in [3.63, 3.8) is 0 Å². The Hall–Kier alpha value is -2.73. The monoisotopic (exact) mass is 367 g/mol. The number of carbonyl (C=O) groups excluding carboxylic acids is 1. The summed E-state index contributed by atoms with van der Waals surface area (Å²) in [6, 6.07) is 17.2. The van der Waals surface area contributed by atoms with Crippen LogP contribution in [0.25, 0.3) is 10.6 Å². The molecule has 1 atom stereocenters. The summed E-state index contributed by atoms with van der Waals surface area (Å²) in [5, 5.41) is 9.21. The lowest BCUT2D eigenvalue weighted by molar-refractivity contribution is -0.122. The van der Waals surface area contributed by atoms with E-state index in [9.17, 15) is 9.59 Å². The number of thiophene rings is 1. The smallest absolute Gasteiger partial charge is 0.267 e. The van der Waals surface area contributed by atoms with Crippen LogP contribution >= 0.6 is 11.3 Å². The second-order valence-electron chi connectivity index (χ2n) is 6.18. The van der Waals surface area contributed by atoms with Gasteiger partial charge in [-0.3, -0.25) is 9.59 Å². The largest absolute Gasteiger partial charge is 0.352 e. The van der Waals surface area contributed by atoms with Gasteiger partial charge in [0.2, 0.25) is 5.91 Å². The maximum Gasteiger partial charge on any atom is 0.267 e. The Morgan fingerprint density at radius 3 is 2.69 bits per heavy atom. The Kier molecular flexibility index (Phi) is 5.96. The topological polar surface area (TPSA) is 64.0 Å². The molecule has 6 heteroatoms. The Bertz CT molecular complexity index is 904. The van der Waals surface area contributed by atoms with E-state index in [1.54, 1.807) is 17.4 Å². The standard InChI is InChI=1S/C20H21N3O2S/c1-15(9-10-16-6-3-2-4-7-16)21-19(24)14-23-20(25)12-11-17(22-23)18-8-5-13-26-18/h2-8,11-13,15H,9-10,14H2,1H3,(H,21,24)/t15-/m0/s1. The molecule has 1 amide bonds. The molecule has 3 rings (SSSR count). The first kappa shape index (κ1) is 18.1. The van der Waals surface area contributed by atoms with Crippen LogP contribution in [0.3, 0.4) is 0 Å². The average Bonchev–Trinajstić information content (AvgIpc) is 3.17. The van der Waals surface area contributed by atoms with Crippen LogP contribution in [0.1, 0.15) is 18.9 Å². The van der Waals surface area contributed by atoms with Crippen LogP contribution in [0, 0.1) is 0 Å². The Labute approximate surface area is 156 Å². The first-order valence-electron chi connectivity index (χ1n) is 8.57. The van der Waals surface area contributed by atoms with E-state index in [0.717, 1.165) is 17.7 Å². The maximum atomic E-state index is 12.3. The van der Waals surface area contributed by atoms with E-state index in [4.69, 9.17) is 0 Å². The minimum absolute atomic E-state index is 0.0267. The minimum atomic E-state index is -0.280. The predicted octanol–water partition coefficient (Wildman–Crippen LogP) is 3.11. The van der Waals surface area contributed by atoms with Crippen molar-refractivity contribution in [2.75, 3.05) is 0 Å².